The zero-order valence-corrected chi connectivity index (χ0v) is 61.6. The van der Waals surface area contributed by atoms with Crippen LogP contribution in [-0.4, -0.2) is 178 Å². The predicted octanol–water partition coefficient (Wildman–Crippen LogP) is 13.2. The highest BCUT2D eigenvalue weighted by Crippen LogP contribution is 2.30. The van der Waals surface area contributed by atoms with E-state index < -0.39 is 81.0 Å². The number of ether oxygens (including phenoxy) is 6. The number of unbranched alkanes of at least 4 members (excludes halogenated alkanes) is 2. The average Bonchev–Trinajstić information content (AvgIpc) is 3.24. The van der Waals surface area contributed by atoms with Crippen molar-refractivity contribution in [2.24, 2.45) is 5.41 Å². The Hall–Kier alpha value is 1.35. The van der Waals surface area contributed by atoms with Crippen molar-refractivity contribution >= 4 is 75.6 Å². The molecular weight excluding hydrogens is 1090 g/mol. The van der Waals surface area contributed by atoms with Gasteiger partial charge >= 0.3 is 25.7 Å². The van der Waals surface area contributed by atoms with Gasteiger partial charge in [0.15, 0.2) is 49.9 Å². The first-order valence-corrected chi connectivity index (χ1v) is 55.4. The van der Waals surface area contributed by atoms with Crippen LogP contribution in [-0.2, 0) is 53.1 Å². The van der Waals surface area contributed by atoms with E-state index in [9.17, 15) is 10.2 Å². The van der Waals surface area contributed by atoms with Gasteiger partial charge in [-0.3, -0.25) is 0 Å². The quantitative estimate of drug-likeness (QED) is 0.0299. The van der Waals surface area contributed by atoms with Gasteiger partial charge < -0.3 is 68.4 Å². The molecule has 0 radical (unpaired) electrons. The van der Waals surface area contributed by atoms with Crippen LogP contribution in [0.4, 0.5) is 0 Å². The fourth-order valence-corrected chi connectivity index (χ4v) is 51.6. The summed E-state index contributed by atoms with van der Waals surface area (Å²) in [6.07, 6.45) is 9.61. The summed E-state index contributed by atoms with van der Waals surface area (Å²) in [5.74, 6) is 0. The molecule has 0 fully saturated rings. The summed E-state index contributed by atoms with van der Waals surface area (Å²) in [4.78, 5) is 0. The molecule has 0 aliphatic heterocycles. The van der Waals surface area contributed by atoms with E-state index in [1.807, 2.05) is 6.92 Å². The highest BCUT2D eigenvalue weighted by Gasteiger charge is 2.42. The van der Waals surface area contributed by atoms with Crippen LogP contribution in [0, 0.1) is 5.41 Å². The fourth-order valence-electron chi connectivity index (χ4n) is 9.17. The summed E-state index contributed by atoms with van der Waals surface area (Å²) in [5.41, 5.74) is -0.513. The molecule has 0 aliphatic rings. The number of hydrogen-bond acceptors (Lipinski definition) is 15. The third-order valence-electron chi connectivity index (χ3n) is 12.1. The molecule has 450 valence electrons. The van der Waals surface area contributed by atoms with Crippen molar-refractivity contribution < 1.29 is 68.4 Å². The van der Waals surface area contributed by atoms with Gasteiger partial charge in [-0.1, -0.05) is 46.5 Å². The van der Waals surface area contributed by atoms with Crippen LogP contribution in [0.3, 0.4) is 0 Å². The van der Waals surface area contributed by atoms with E-state index >= 15 is 0 Å². The van der Waals surface area contributed by atoms with Crippen molar-refractivity contribution in [3.05, 3.63) is 0 Å². The van der Waals surface area contributed by atoms with E-state index in [1.54, 1.807) is 14.2 Å². The molecular formula is C50H124O15Si9. The molecule has 0 rings (SSSR count). The number of aliphatic hydroxyl groups is 3. The lowest BCUT2D eigenvalue weighted by atomic mass is 9.88. The number of aliphatic hydroxyl groups excluding tert-OH is 3. The number of methoxy groups -OCH3 is 2. The van der Waals surface area contributed by atoms with E-state index in [4.69, 9.17) is 58.2 Å². The van der Waals surface area contributed by atoms with Crippen molar-refractivity contribution in [2.45, 2.75) is 233 Å². The molecule has 0 unspecified atom stereocenters. The van der Waals surface area contributed by atoms with Gasteiger partial charge in [-0.05, 0) is 186 Å². The summed E-state index contributed by atoms with van der Waals surface area (Å²) < 4.78 is 71.0. The van der Waals surface area contributed by atoms with E-state index in [-0.39, 0.29) is 19.8 Å². The van der Waals surface area contributed by atoms with Crippen LogP contribution >= 0.6 is 0 Å². The first kappa shape index (κ1) is 79.6. The summed E-state index contributed by atoms with van der Waals surface area (Å²) in [7, 11) is -13.3. The van der Waals surface area contributed by atoms with Gasteiger partial charge in [-0.25, -0.2) is 0 Å². The van der Waals surface area contributed by atoms with Gasteiger partial charge in [0.2, 0.25) is 0 Å². The maximum atomic E-state index is 9.48. The minimum atomic E-state index is -2.15. The smallest absolute Gasteiger partial charge is 0.311 e. The summed E-state index contributed by atoms with van der Waals surface area (Å²) in [5, 5.41) is 27.7. The standard InChI is InChI=1S/C19H46O5Si3.C16H40O6Si3.C15H38O4Si3/c1-9-11-14-25(3,4)23-27(7,8)24-26(5,6)15-12-13-22-18-19(10-2,16-20)17-21;1-18-16-20-12-9-15-24(4,5)22-25(6,7)21-23(2,3)14-8-11-19-13-10-17;1-9-10-13-20(3,4)18-22(7,8)19-21(5,6)14-11-12-17-15-16-2/h20-21H,9-18H2,1-8H3;17H,8-16H2,1-7H3;9-15H2,1-8H3. The minimum absolute atomic E-state index is 0.0435. The van der Waals surface area contributed by atoms with Crippen molar-refractivity contribution in [3.8, 4) is 0 Å². The molecule has 0 atom stereocenters. The largest absolute Gasteiger partial charge is 0.437 e. The highest BCUT2D eigenvalue weighted by atomic mass is 28.5. The summed E-state index contributed by atoms with van der Waals surface area (Å²) in [6.45, 7) is 51.3. The van der Waals surface area contributed by atoms with Crippen LogP contribution < -0.4 is 0 Å². The van der Waals surface area contributed by atoms with E-state index in [0.29, 0.717) is 53.0 Å². The Morgan fingerprint density at radius 1 is 0.338 bits per heavy atom. The van der Waals surface area contributed by atoms with Crippen molar-refractivity contribution in [1.82, 2.24) is 0 Å². The Kier molecular flexibility index (Phi) is 43.6. The van der Waals surface area contributed by atoms with Crippen molar-refractivity contribution in [1.29, 1.82) is 0 Å². The Labute approximate surface area is 466 Å². The molecule has 0 heterocycles. The molecule has 0 saturated heterocycles. The maximum Gasteiger partial charge on any atom is 0.311 e. The Bertz CT molecular complexity index is 1310. The molecule has 0 bridgehead atoms. The molecule has 0 spiro atoms. The van der Waals surface area contributed by atoms with E-state index in [1.165, 1.54) is 37.8 Å². The Morgan fingerprint density at radius 2 is 0.595 bits per heavy atom. The second kappa shape index (κ2) is 40.5. The second-order valence-corrected chi connectivity index (χ2v) is 62.6. The predicted molar refractivity (Wildman–Crippen MR) is 332 cm³/mol. The normalized spacial score (nSPS) is 13.7. The highest BCUT2D eigenvalue weighted by molar-refractivity contribution is 6.89. The van der Waals surface area contributed by atoms with Gasteiger partial charge in [-0.2, -0.15) is 0 Å². The van der Waals surface area contributed by atoms with Crippen LogP contribution in [0.5, 0.6) is 0 Å². The first-order chi connectivity index (χ1) is 33.9. The van der Waals surface area contributed by atoms with E-state index in [0.717, 1.165) is 56.5 Å². The lowest BCUT2D eigenvalue weighted by molar-refractivity contribution is -0.0303. The van der Waals surface area contributed by atoms with Crippen LogP contribution in [0.15, 0.2) is 0 Å². The second-order valence-electron chi connectivity index (χ2n) is 25.2. The third kappa shape index (κ3) is 47.0. The molecule has 0 aliphatic carbocycles. The van der Waals surface area contributed by atoms with Gasteiger partial charge in [0.05, 0.1) is 33.0 Å². The van der Waals surface area contributed by atoms with Gasteiger partial charge in [0.25, 0.3) is 0 Å². The molecule has 0 aromatic heterocycles. The molecule has 3 N–H and O–H groups in total. The first-order valence-electron chi connectivity index (χ1n) is 28.3. The zero-order valence-electron chi connectivity index (χ0n) is 52.6. The average molecular weight is 1220 g/mol. The fraction of sp³-hybridized carbons (Fsp3) is 1.00. The molecule has 15 nitrogen and oxygen atoms in total. The van der Waals surface area contributed by atoms with Crippen molar-refractivity contribution in [3.63, 3.8) is 0 Å². The van der Waals surface area contributed by atoms with Gasteiger partial charge in [0.1, 0.15) is 13.6 Å². The third-order valence-corrected chi connectivity index (χ3v) is 46.5. The molecule has 0 amide bonds. The Morgan fingerprint density at radius 3 is 0.824 bits per heavy atom. The SMILES string of the molecule is CCCC[Si](C)(C)O[Si](C)(C)O[Si](C)(C)CCCOCC(CC)(CO)CO.CCCC[Si](C)(C)O[Si](C)(C)O[Si](C)(C)CCCOCOC.COCOCCC[Si](C)(C)O[Si](C)(C)O[Si](C)(C)CCCOCCO. The molecule has 24 heteroatoms. The zero-order chi connectivity index (χ0) is 57.9. The lowest BCUT2D eigenvalue weighted by Crippen LogP contribution is -2.52. The molecule has 0 aromatic rings. The van der Waals surface area contributed by atoms with Crippen molar-refractivity contribution in [2.75, 3.05) is 87.3 Å². The van der Waals surface area contributed by atoms with Gasteiger partial charge in [-0.15, -0.1) is 0 Å². The van der Waals surface area contributed by atoms with E-state index in [2.05, 4.69) is 132 Å². The Balaban J connectivity index is -0.00000103. The van der Waals surface area contributed by atoms with Gasteiger partial charge in [0, 0.05) is 46.1 Å². The molecule has 74 heavy (non-hydrogen) atoms. The maximum absolute atomic E-state index is 9.48. The summed E-state index contributed by atoms with van der Waals surface area (Å²) in [6, 6.07) is 6.68. The molecule has 0 saturated carbocycles. The topological polar surface area (TPSA) is 171 Å². The molecule has 0 aromatic carbocycles. The van der Waals surface area contributed by atoms with Crippen LogP contribution in [0.25, 0.3) is 0 Å². The lowest BCUT2D eigenvalue weighted by Gasteiger charge is -2.39. The minimum Gasteiger partial charge on any atom is -0.437 e. The van der Waals surface area contributed by atoms with Crippen LogP contribution in [0.1, 0.15) is 78.6 Å². The summed E-state index contributed by atoms with van der Waals surface area (Å²) >= 11 is 0. The monoisotopic (exact) mass is 1220 g/mol. The number of hydrogen-bond donors (Lipinski definition) is 3. The number of rotatable bonds is 45. The van der Waals surface area contributed by atoms with Crippen LogP contribution in [0.2, 0.25) is 154 Å².